The Morgan fingerprint density at radius 3 is 2.43 bits per heavy atom. The van der Waals surface area contributed by atoms with E-state index in [0.717, 1.165) is 48.7 Å². The van der Waals surface area contributed by atoms with Crippen molar-refractivity contribution in [3.63, 3.8) is 0 Å². The summed E-state index contributed by atoms with van der Waals surface area (Å²) < 4.78 is 48.2. The molecule has 2 heterocycles. The number of nitrogens with zero attached hydrogens (tertiary/aromatic N) is 4. The van der Waals surface area contributed by atoms with Crippen LogP contribution in [0.5, 0.6) is 0 Å². The van der Waals surface area contributed by atoms with Crippen molar-refractivity contribution < 1.29 is 26.9 Å². The van der Waals surface area contributed by atoms with Gasteiger partial charge in [-0.2, -0.15) is 4.31 Å². The molecule has 11 heteroatoms. The second kappa shape index (κ2) is 9.90. The Morgan fingerprint density at radius 2 is 1.69 bits per heavy atom. The van der Waals surface area contributed by atoms with Gasteiger partial charge in [-0.3, -0.25) is 14.6 Å². The monoisotopic (exact) mass is 502 g/mol. The lowest BCUT2D eigenvalue weighted by Gasteiger charge is -2.29. The first-order chi connectivity index (χ1) is 16.9. The van der Waals surface area contributed by atoms with Crippen LogP contribution in [-0.4, -0.2) is 50.1 Å². The van der Waals surface area contributed by atoms with E-state index in [-0.39, 0.29) is 48.8 Å². The van der Waals surface area contributed by atoms with Crippen molar-refractivity contribution in [3.05, 3.63) is 48.4 Å². The maximum absolute atomic E-state index is 15.0. The zero-order valence-electron chi connectivity index (χ0n) is 19.4. The van der Waals surface area contributed by atoms with Gasteiger partial charge in [-0.05, 0) is 24.3 Å². The number of benzene rings is 2. The molecular formula is C24H29FN5O4S+. The van der Waals surface area contributed by atoms with Gasteiger partial charge in [0, 0.05) is 24.4 Å². The second-order valence-corrected chi connectivity index (χ2v) is 11.0. The third kappa shape index (κ3) is 4.74. The number of halogens is 1. The van der Waals surface area contributed by atoms with Crippen molar-refractivity contribution in [3.8, 4) is 0 Å². The molecule has 0 bridgehead atoms. The minimum atomic E-state index is -3.73. The predicted octanol–water partition coefficient (Wildman–Crippen LogP) is 2.81. The smallest absolute Gasteiger partial charge is 0.286 e. The van der Waals surface area contributed by atoms with E-state index in [1.165, 1.54) is 4.31 Å². The van der Waals surface area contributed by atoms with Gasteiger partial charge >= 0.3 is 11.8 Å². The maximum Gasteiger partial charge on any atom is 0.483 e. The first-order valence-electron chi connectivity index (χ1n) is 12.1. The Bertz CT molecular complexity index is 1310. The summed E-state index contributed by atoms with van der Waals surface area (Å²) >= 11 is 0. The molecule has 35 heavy (non-hydrogen) atoms. The van der Waals surface area contributed by atoms with Gasteiger partial charge in [0.05, 0.1) is 18.0 Å². The van der Waals surface area contributed by atoms with E-state index >= 15 is 4.39 Å². The van der Waals surface area contributed by atoms with Crippen LogP contribution in [0.15, 0.2) is 51.9 Å². The predicted molar refractivity (Wildman–Crippen MR) is 127 cm³/mol. The number of sulfonamides is 1. The van der Waals surface area contributed by atoms with Crippen LogP contribution in [0.2, 0.25) is 0 Å². The molecule has 2 fully saturated rings. The Kier molecular flexibility index (Phi) is 6.70. The van der Waals surface area contributed by atoms with Gasteiger partial charge in [0.15, 0.2) is 0 Å². The number of rotatable bonds is 5. The first-order valence-corrected chi connectivity index (χ1v) is 13.5. The molecule has 3 aromatic rings. The molecule has 0 atom stereocenters. The second-order valence-electron chi connectivity index (χ2n) is 9.10. The maximum atomic E-state index is 15.0. The van der Waals surface area contributed by atoms with Gasteiger partial charge < -0.3 is 0 Å². The fraction of sp³-hybridized carbons (Fsp3) is 0.458. The van der Waals surface area contributed by atoms with E-state index in [1.54, 1.807) is 23.2 Å². The molecule has 1 aromatic heterocycles. The molecule has 1 saturated carbocycles. The molecule has 9 nitrogen and oxygen atoms in total. The Balaban J connectivity index is 1.26. The fourth-order valence-electron chi connectivity index (χ4n) is 4.92. The van der Waals surface area contributed by atoms with Crippen molar-refractivity contribution in [1.29, 1.82) is 0 Å². The summed E-state index contributed by atoms with van der Waals surface area (Å²) in [6.07, 6.45) is 5.78. The standard InChI is InChI=1S/C24H28FN5O4S/c25-22-24(26-23(31)19-9-3-1-2-4-10-19)34-27-30(22)28-14-16-29(17-15-28)35(32,33)21-13-7-11-18-8-5-6-12-20(18)21/h5-8,11-13,19H,1-4,9-10,14-17H2/p+1. The van der Waals surface area contributed by atoms with E-state index in [1.807, 2.05) is 24.3 Å². The van der Waals surface area contributed by atoms with Crippen LogP contribution in [0.4, 0.5) is 10.3 Å². The average molecular weight is 503 g/mol. The molecule has 2 aliphatic rings. The number of hydrogen-bond donors (Lipinski definition) is 1. The zero-order chi connectivity index (χ0) is 24.4. The summed E-state index contributed by atoms with van der Waals surface area (Å²) in [6.45, 7) is 0.755. The SMILES string of the molecule is O=C(Nc1on[n+](N2CCN(S(=O)(=O)c3cccc4ccccc34)CC2)c1F)C1CCCCCC1. The highest BCUT2D eigenvalue weighted by Crippen LogP contribution is 2.27. The van der Waals surface area contributed by atoms with Crippen LogP contribution in [0.25, 0.3) is 10.8 Å². The fourth-order valence-corrected chi connectivity index (χ4v) is 6.55. The molecule has 1 amide bonds. The van der Waals surface area contributed by atoms with Crippen molar-refractivity contribution in [2.24, 2.45) is 5.92 Å². The summed E-state index contributed by atoms with van der Waals surface area (Å²) in [5.74, 6) is -1.53. The van der Waals surface area contributed by atoms with Crippen molar-refractivity contribution in [2.45, 2.75) is 43.4 Å². The van der Waals surface area contributed by atoms with Gasteiger partial charge in [-0.25, -0.2) is 8.42 Å². The van der Waals surface area contributed by atoms with Crippen LogP contribution in [0.1, 0.15) is 38.5 Å². The van der Waals surface area contributed by atoms with Crippen LogP contribution >= 0.6 is 0 Å². The number of nitrogens with one attached hydrogen (secondary N) is 1. The average Bonchev–Trinajstić information content (AvgIpc) is 3.06. The Labute approximate surface area is 203 Å². The van der Waals surface area contributed by atoms with E-state index in [0.29, 0.717) is 5.39 Å². The van der Waals surface area contributed by atoms with Gasteiger partial charge in [0.1, 0.15) is 4.79 Å². The number of piperazine rings is 1. The van der Waals surface area contributed by atoms with Gasteiger partial charge in [0.2, 0.25) is 21.2 Å². The zero-order valence-corrected chi connectivity index (χ0v) is 20.2. The number of carbonyl (C=O) groups is 1. The van der Waals surface area contributed by atoms with Gasteiger partial charge in [-0.15, -0.1) is 9.40 Å². The van der Waals surface area contributed by atoms with Gasteiger partial charge in [0.25, 0.3) is 0 Å². The molecule has 0 spiro atoms. The molecule has 0 radical (unpaired) electrons. The lowest BCUT2D eigenvalue weighted by molar-refractivity contribution is -0.781. The minimum Gasteiger partial charge on any atom is -0.286 e. The first kappa shape index (κ1) is 23.7. The number of hydrogen-bond acceptors (Lipinski definition) is 6. The number of aromatic nitrogens is 2. The lowest BCUT2D eigenvalue weighted by atomic mass is 10.00. The molecule has 5 rings (SSSR count). The number of anilines is 1. The highest BCUT2D eigenvalue weighted by atomic mass is 32.2. The summed E-state index contributed by atoms with van der Waals surface area (Å²) in [6, 6.07) is 12.6. The van der Waals surface area contributed by atoms with Crippen LogP contribution in [-0.2, 0) is 14.8 Å². The quantitative estimate of drug-likeness (QED) is 0.426. The molecule has 1 N–H and O–H groups in total. The Hall–Kier alpha value is -3.05. The molecule has 186 valence electrons. The van der Waals surface area contributed by atoms with E-state index < -0.39 is 16.0 Å². The van der Waals surface area contributed by atoms with Crippen molar-refractivity contribution >= 4 is 32.6 Å². The van der Waals surface area contributed by atoms with Crippen LogP contribution in [0, 0.1) is 11.9 Å². The summed E-state index contributed by atoms with van der Waals surface area (Å²) in [5.41, 5.74) is 0. The molecule has 2 aromatic carbocycles. The molecule has 1 aliphatic heterocycles. The summed E-state index contributed by atoms with van der Waals surface area (Å²) in [5, 5.41) is 9.38. The Morgan fingerprint density at radius 1 is 1.00 bits per heavy atom. The molecule has 1 aliphatic carbocycles. The third-order valence-corrected chi connectivity index (χ3v) is 8.84. The van der Waals surface area contributed by atoms with E-state index in [2.05, 4.69) is 10.6 Å². The minimum absolute atomic E-state index is 0.154. The largest absolute Gasteiger partial charge is 0.483 e. The normalized spacial score (nSPS) is 18.5. The number of amides is 1. The van der Waals surface area contributed by atoms with Crippen molar-refractivity contribution in [2.75, 3.05) is 36.5 Å². The van der Waals surface area contributed by atoms with Crippen LogP contribution < -0.4 is 15.1 Å². The molecule has 0 unspecified atom stereocenters. The third-order valence-electron chi connectivity index (χ3n) is 6.89. The van der Waals surface area contributed by atoms with Gasteiger partial charge in [-0.1, -0.05) is 62.1 Å². The summed E-state index contributed by atoms with van der Waals surface area (Å²) in [7, 11) is -3.73. The summed E-state index contributed by atoms with van der Waals surface area (Å²) in [4.78, 5) is 13.8. The highest BCUT2D eigenvalue weighted by Gasteiger charge is 2.38. The van der Waals surface area contributed by atoms with E-state index in [9.17, 15) is 13.2 Å². The number of carbonyl (C=O) groups excluding carboxylic acids is 1. The van der Waals surface area contributed by atoms with Crippen LogP contribution in [0.3, 0.4) is 0 Å². The number of fused-ring (bicyclic) bond motifs is 1. The topological polar surface area (TPSA) is 99.6 Å². The van der Waals surface area contributed by atoms with Crippen molar-refractivity contribution in [1.82, 2.24) is 9.58 Å². The molecular weight excluding hydrogens is 473 g/mol. The van der Waals surface area contributed by atoms with E-state index in [4.69, 9.17) is 4.52 Å². The lowest BCUT2D eigenvalue weighted by Crippen LogP contribution is -2.67. The highest BCUT2D eigenvalue weighted by molar-refractivity contribution is 7.89. The molecule has 1 saturated heterocycles.